The maximum Gasteiger partial charge on any atom is 0.263 e. The second-order valence-electron chi connectivity index (χ2n) is 8.61. The molecule has 0 unspecified atom stereocenters. The van der Waals surface area contributed by atoms with E-state index in [9.17, 15) is 9.59 Å². The Morgan fingerprint density at radius 2 is 2.00 bits per heavy atom. The molecule has 3 heterocycles. The summed E-state index contributed by atoms with van der Waals surface area (Å²) < 4.78 is 0. The molecule has 1 amide bonds. The molecule has 0 atom stereocenters. The first-order chi connectivity index (χ1) is 16.4. The quantitative estimate of drug-likeness (QED) is 0.620. The van der Waals surface area contributed by atoms with Crippen LogP contribution in [0.15, 0.2) is 52.3 Å². The summed E-state index contributed by atoms with van der Waals surface area (Å²) in [5.41, 5.74) is 4.01. The van der Waals surface area contributed by atoms with Crippen molar-refractivity contribution in [2.75, 3.05) is 11.9 Å². The van der Waals surface area contributed by atoms with Crippen molar-refractivity contribution in [2.24, 2.45) is 4.99 Å². The van der Waals surface area contributed by atoms with Crippen LogP contribution in [0.5, 0.6) is 0 Å². The zero-order chi connectivity index (χ0) is 24.8. The van der Waals surface area contributed by atoms with Crippen LogP contribution in [0.3, 0.4) is 0 Å². The predicted octanol–water partition coefficient (Wildman–Crippen LogP) is 4.67. The summed E-state index contributed by atoms with van der Waals surface area (Å²) >= 11 is 0. The molecule has 4 rings (SSSR count). The maximum absolute atomic E-state index is 13.4. The molecule has 7 nitrogen and oxygen atoms in total. The van der Waals surface area contributed by atoms with Crippen molar-refractivity contribution < 1.29 is 9.59 Å². The number of nitrogens with zero attached hydrogens (tertiary/aromatic N) is 3. The van der Waals surface area contributed by atoms with E-state index in [-0.39, 0.29) is 23.3 Å². The highest BCUT2D eigenvalue weighted by atomic mass is 16.2. The van der Waals surface area contributed by atoms with Crippen molar-refractivity contribution in [3.63, 3.8) is 0 Å². The molecule has 0 saturated heterocycles. The number of Topliss-reactive ketones (excluding diaryl/α,β-unsaturated/α-hetero) is 1. The summed E-state index contributed by atoms with van der Waals surface area (Å²) in [6.45, 7) is 15.0. The van der Waals surface area contributed by atoms with E-state index in [1.165, 1.54) is 12.5 Å². The number of rotatable bonds is 5. The Morgan fingerprint density at radius 3 is 2.65 bits per heavy atom. The van der Waals surface area contributed by atoms with Crippen LogP contribution in [0.4, 0.5) is 5.82 Å². The minimum atomic E-state index is -0.251. The third-order valence-electron chi connectivity index (χ3n) is 6.45. The first-order valence-electron chi connectivity index (χ1n) is 12.4. The molecule has 1 aromatic heterocycles. The van der Waals surface area contributed by atoms with Gasteiger partial charge in [0.2, 0.25) is 0 Å². The molecule has 182 valence electrons. The highest BCUT2D eigenvalue weighted by molar-refractivity contribution is 6.29. The molecule has 0 bridgehead atoms. The van der Waals surface area contributed by atoms with Gasteiger partial charge >= 0.3 is 0 Å². The van der Waals surface area contributed by atoms with Crippen molar-refractivity contribution in [1.29, 1.82) is 0 Å². The Kier molecular flexibility index (Phi) is 8.56. The fourth-order valence-electron chi connectivity index (χ4n) is 4.90. The van der Waals surface area contributed by atoms with E-state index in [4.69, 9.17) is 9.98 Å². The summed E-state index contributed by atoms with van der Waals surface area (Å²) in [6, 6.07) is 4.03. The van der Waals surface area contributed by atoms with Crippen molar-refractivity contribution in [3.05, 3.63) is 58.6 Å². The number of aliphatic imine (C=N–C) groups is 1. The van der Waals surface area contributed by atoms with Gasteiger partial charge in [-0.05, 0) is 50.8 Å². The average molecular weight is 464 g/mol. The fraction of sp³-hybridized carbons (Fsp3) is 0.481. The Bertz CT molecular complexity index is 1060. The fourth-order valence-corrected chi connectivity index (χ4v) is 4.90. The first-order valence-corrected chi connectivity index (χ1v) is 12.4. The summed E-state index contributed by atoms with van der Waals surface area (Å²) in [5, 5.41) is 6.54. The number of hydrogen-bond acceptors (Lipinski definition) is 6. The Hall–Kier alpha value is -3.06. The lowest BCUT2D eigenvalue weighted by Gasteiger charge is -2.36. The number of fused-ring (bicyclic) bond motifs is 1. The number of amides is 1. The minimum absolute atomic E-state index is 0.0424. The zero-order valence-electron chi connectivity index (χ0n) is 21.1. The van der Waals surface area contributed by atoms with Crippen LogP contribution in [-0.2, 0) is 22.6 Å². The van der Waals surface area contributed by atoms with Gasteiger partial charge in [-0.25, -0.2) is 9.98 Å². The summed E-state index contributed by atoms with van der Waals surface area (Å²) in [5.74, 6) is 1.20. The molecular formula is C27H37N5O2. The molecule has 0 aromatic carbocycles. The number of anilines is 1. The normalized spacial score (nSPS) is 20.9. The lowest BCUT2D eigenvalue weighted by molar-refractivity contribution is -0.127. The second-order valence-corrected chi connectivity index (χ2v) is 8.61. The molecule has 3 aliphatic rings. The maximum atomic E-state index is 13.4. The van der Waals surface area contributed by atoms with Gasteiger partial charge in [0.25, 0.3) is 5.91 Å². The van der Waals surface area contributed by atoms with Gasteiger partial charge in [-0.3, -0.25) is 14.5 Å². The highest BCUT2D eigenvalue weighted by Crippen LogP contribution is 2.34. The number of allylic oxidation sites excluding steroid dienone is 1. The molecule has 0 spiro atoms. The Morgan fingerprint density at radius 1 is 1.29 bits per heavy atom. The number of ketones is 1. The van der Waals surface area contributed by atoms with Gasteiger partial charge in [-0.1, -0.05) is 45.4 Å². The van der Waals surface area contributed by atoms with Gasteiger partial charge in [0, 0.05) is 36.8 Å². The number of aromatic nitrogens is 1. The van der Waals surface area contributed by atoms with Crippen molar-refractivity contribution >= 4 is 23.3 Å². The van der Waals surface area contributed by atoms with E-state index in [2.05, 4.69) is 23.3 Å². The van der Waals surface area contributed by atoms with E-state index in [0.29, 0.717) is 23.0 Å². The summed E-state index contributed by atoms with van der Waals surface area (Å²) in [4.78, 5) is 36.9. The SMILES string of the molecule is C=C(/N=C1\C(=C/C)C(C)=C(C(C)=O)C(=O)N1C1CCCC1)Nc1ccc2c(n1)CCNC2.CC. The van der Waals surface area contributed by atoms with E-state index >= 15 is 0 Å². The number of pyridine rings is 1. The number of carbonyl (C=O) groups excluding carboxylic acids is 2. The van der Waals surface area contributed by atoms with Gasteiger partial charge in [-0.2, -0.15) is 0 Å². The van der Waals surface area contributed by atoms with Crippen LogP contribution < -0.4 is 10.6 Å². The summed E-state index contributed by atoms with van der Waals surface area (Å²) in [7, 11) is 0. The largest absolute Gasteiger partial charge is 0.325 e. The summed E-state index contributed by atoms with van der Waals surface area (Å²) in [6.07, 6.45) is 6.76. The predicted molar refractivity (Wildman–Crippen MR) is 137 cm³/mol. The van der Waals surface area contributed by atoms with E-state index in [0.717, 1.165) is 56.5 Å². The second kappa shape index (κ2) is 11.4. The average Bonchev–Trinajstić information content (AvgIpc) is 3.34. The van der Waals surface area contributed by atoms with E-state index in [1.807, 2.05) is 39.8 Å². The van der Waals surface area contributed by atoms with Gasteiger partial charge in [-0.15, -0.1) is 0 Å². The third kappa shape index (κ3) is 5.20. The minimum Gasteiger partial charge on any atom is -0.325 e. The molecule has 7 heteroatoms. The molecular weight excluding hydrogens is 426 g/mol. The van der Waals surface area contributed by atoms with Gasteiger partial charge < -0.3 is 10.6 Å². The Labute approximate surface area is 203 Å². The lowest BCUT2D eigenvalue weighted by atomic mass is 9.90. The topological polar surface area (TPSA) is 86.7 Å². The number of hydrogen-bond donors (Lipinski definition) is 2. The third-order valence-corrected chi connectivity index (χ3v) is 6.45. The van der Waals surface area contributed by atoms with Crippen molar-refractivity contribution in [3.8, 4) is 0 Å². The lowest BCUT2D eigenvalue weighted by Crippen LogP contribution is -2.49. The molecule has 1 fully saturated rings. The monoisotopic (exact) mass is 463 g/mol. The molecule has 2 N–H and O–H groups in total. The van der Waals surface area contributed by atoms with E-state index < -0.39 is 0 Å². The Balaban J connectivity index is 0.00000158. The van der Waals surface area contributed by atoms with Gasteiger partial charge in [0.1, 0.15) is 17.5 Å². The molecule has 34 heavy (non-hydrogen) atoms. The smallest absolute Gasteiger partial charge is 0.263 e. The number of nitrogens with one attached hydrogen (secondary N) is 2. The molecule has 1 aliphatic carbocycles. The van der Waals surface area contributed by atoms with Crippen LogP contribution in [0, 0.1) is 0 Å². The van der Waals surface area contributed by atoms with Crippen LogP contribution in [0.2, 0.25) is 0 Å². The molecule has 0 radical (unpaired) electrons. The standard InChI is InChI=1S/C25H31N5O2.C2H6/c1-5-20-15(2)23(16(3)31)25(32)30(19-8-6-7-9-19)24(20)28-17(4)27-22-11-10-18-14-26-13-12-21(18)29-22;1-2/h5,10-11,19,26H,4,6-9,12-14H2,1-3H3,(H,27,29);1-2H3/b20-5-,28-24+;. The molecule has 2 aliphatic heterocycles. The van der Waals surface area contributed by atoms with Crippen molar-refractivity contribution in [1.82, 2.24) is 15.2 Å². The molecule has 1 aromatic rings. The van der Waals surface area contributed by atoms with Crippen LogP contribution in [-0.4, -0.2) is 40.0 Å². The van der Waals surface area contributed by atoms with Gasteiger partial charge in [0.15, 0.2) is 5.78 Å². The zero-order valence-corrected chi connectivity index (χ0v) is 21.1. The number of amidine groups is 1. The number of carbonyl (C=O) groups is 2. The molecule has 1 saturated carbocycles. The van der Waals surface area contributed by atoms with E-state index in [1.54, 1.807) is 4.90 Å². The highest BCUT2D eigenvalue weighted by Gasteiger charge is 2.40. The van der Waals surface area contributed by atoms with Crippen LogP contribution >= 0.6 is 0 Å². The van der Waals surface area contributed by atoms with Crippen molar-refractivity contribution in [2.45, 2.75) is 79.3 Å². The first kappa shape index (κ1) is 25.6. The van der Waals surface area contributed by atoms with Crippen LogP contribution in [0.1, 0.15) is 71.6 Å². The van der Waals surface area contributed by atoms with Crippen LogP contribution in [0.25, 0.3) is 0 Å². The van der Waals surface area contributed by atoms with Gasteiger partial charge in [0.05, 0.1) is 5.57 Å².